The number of hydrogen-bond donors (Lipinski definition) is 1. The van der Waals surface area contributed by atoms with E-state index in [4.69, 9.17) is 38.9 Å². The van der Waals surface area contributed by atoms with Crippen LogP contribution in [-0.4, -0.2) is 62.0 Å². The zero-order valence-electron chi connectivity index (χ0n) is 24.4. The molecule has 5 atom stereocenters. The molecule has 226 valence electrons. The number of carbonyl (C=O) groups is 4. The van der Waals surface area contributed by atoms with Crippen LogP contribution < -0.4 is 15.2 Å². The van der Waals surface area contributed by atoms with Gasteiger partial charge in [0.15, 0.2) is 11.5 Å². The maximum absolute atomic E-state index is 12.4. The van der Waals surface area contributed by atoms with Crippen molar-refractivity contribution in [2.75, 3.05) is 13.2 Å². The zero-order valence-corrected chi connectivity index (χ0v) is 24.4. The van der Waals surface area contributed by atoms with Crippen LogP contribution in [0.5, 0.6) is 11.5 Å². The lowest BCUT2D eigenvalue weighted by Crippen LogP contribution is -2.36. The Kier molecular flexibility index (Phi) is 15.5. The Morgan fingerprint density at radius 2 is 1.25 bits per heavy atom. The average Bonchev–Trinajstić information content (AvgIpc) is 2.91. The Hall–Kier alpha value is -3.54. The quantitative estimate of drug-likeness (QED) is 0.165. The van der Waals surface area contributed by atoms with Gasteiger partial charge in [-0.1, -0.05) is 40.2 Å². The highest BCUT2D eigenvalue weighted by Crippen LogP contribution is 2.30. The van der Waals surface area contributed by atoms with E-state index in [0.717, 1.165) is 6.42 Å². The Balaban J connectivity index is 2.82. The van der Waals surface area contributed by atoms with Crippen molar-refractivity contribution in [3.05, 3.63) is 23.8 Å². The third-order valence-corrected chi connectivity index (χ3v) is 5.84. The molecule has 0 aromatic heterocycles. The molecule has 0 aliphatic rings. The number of carbonyl (C=O) groups excluding carboxylic acids is 4. The summed E-state index contributed by atoms with van der Waals surface area (Å²) in [5.74, 6) is -0.736. The van der Waals surface area contributed by atoms with Crippen molar-refractivity contribution in [1.29, 1.82) is 0 Å². The zero-order chi connectivity index (χ0) is 30.2. The highest BCUT2D eigenvalue weighted by Gasteiger charge is 2.22. The molecule has 0 heterocycles. The minimum absolute atomic E-state index is 0.000610. The van der Waals surface area contributed by atoms with E-state index in [0.29, 0.717) is 18.4 Å². The van der Waals surface area contributed by atoms with Gasteiger partial charge in [0, 0.05) is 0 Å². The molecular formula is C28H43NO11. The number of nitrogens with two attached hydrogens (primary N) is 1. The maximum Gasteiger partial charge on any atom is 0.514 e. The van der Waals surface area contributed by atoms with Gasteiger partial charge >= 0.3 is 24.4 Å². The first-order chi connectivity index (χ1) is 18.9. The predicted molar refractivity (Wildman–Crippen MR) is 144 cm³/mol. The SMILES string of the molecule is CCC(C)COC(=O)O[C@@H](C)COC(=O)[C@@H](N)Cc1ccc(OC(=O)OC(C)CC)c(OC(=O)OC(C)CC)c1. The van der Waals surface area contributed by atoms with E-state index in [1.54, 1.807) is 26.8 Å². The molecular weight excluding hydrogens is 526 g/mol. The normalized spacial score (nSPS) is 14.5. The molecule has 40 heavy (non-hydrogen) atoms. The summed E-state index contributed by atoms with van der Waals surface area (Å²) in [7, 11) is 0. The predicted octanol–water partition coefficient (Wildman–Crippen LogP) is 5.32. The summed E-state index contributed by atoms with van der Waals surface area (Å²) >= 11 is 0. The van der Waals surface area contributed by atoms with Crippen LogP contribution in [0.25, 0.3) is 0 Å². The molecule has 0 bridgehead atoms. The van der Waals surface area contributed by atoms with Gasteiger partial charge in [0.05, 0.1) is 6.61 Å². The van der Waals surface area contributed by atoms with Crippen LogP contribution in [0.1, 0.15) is 73.3 Å². The van der Waals surface area contributed by atoms with Crippen molar-refractivity contribution in [3.8, 4) is 11.5 Å². The number of benzene rings is 1. The molecule has 1 aromatic carbocycles. The lowest BCUT2D eigenvalue weighted by molar-refractivity contribution is -0.148. The molecule has 0 fully saturated rings. The van der Waals surface area contributed by atoms with E-state index < -0.39 is 42.7 Å². The highest BCUT2D eigenvalue weighted by molar-refractivity contribution is 5.76. The summed E-state index contributed by atoms with van der Waals surface area (Å²) in [6.07, 6.45) is -2.32. The van der Waals surface area contributed by atoms with Gasteiger partial charge in [-0.05, 0) is 63.6 Å². The van der Waals surface area contributed by atoms with Gasteiger partial charge in [-0.25, -0.2) is 14.4 Å². The third-order valence-electron chi connectivity index (χ3n) is 5.84. The standard InChI is InChI=1S/C28H43NO11/c1-8-17(4)15-35-26(31)38-20(7)16-34-25(30)22(29)13-21-11-12-23(39-27(32)36-18(5)9-2)24(14-21)40-28(33)37-19(6)10-3/h11-12,14,17-20,22H,8-10,13,15-16,29H2,1-7H3/t17?,18?,19?,20-,22-/m0/s1. The monoisotopic (exact) mass is 569 g/mol. The molecule has 1 rings (SSSR count). The summed E-state index contributed by atoms with van der Waals surface area (Å²) in [5.41, 5.74) is 6.50. The van der Waals surface area contributed by atoms with Gasteiger partial charge in [0.25, 0.3) is 0 Å². The van der Waals surface area contributed by atoms with Crippen LogP contribution in [0.3, 0.4) is 0 Å². The second kappa shape index (κ2) is 17.9. The van der Waals surface area contributed by atoms with Gasteiger partial charge in [-0.3, -0.25) is 4.79 Å². The van der Waals surface area contributed by atoms with Gasteiger partial charge in [-0.2, -0.15) is 0 Å². The van der Waals surface area contributed by atoms with Crippen molar-refractivity contribution in [2.45, 2.75) is 98.5 Å². The number of ether oxygens (including phenoxy) is 7. The fourth-order valence-corrected chi connectivity index (χ4v) is 2.77. The fourth-order valence-electron chi connectivity index (χ4n) is 2.77. The van der Waals surface area contributed by atoms with Crippen molar-refractivity contribution >= 4 is 24.4 Å². The van der Waals surface area contributed by atoms with Crippen LogP contribution in [-0.2, 0) is 34.9 Å². The lowest BCUT2D eigenvalue weighted by atomic mass is 10.1. The molecule has 0 aliphatic heterocycles. The molecule has 2 N–H and O–H groups in total. The third kappa shape index (κ3) is 13.5. The molecule has 0 radical (unpaired) electrons. The second-order valence-electron chi connectivity index (χ2n) is 9.60. The van der Waals surface area contributed by atoms with Crippen LogP contribution >= 0.6 is 0 Å². The molecule has 12 heteroatoms. The Labute approximate surface area is 235 Å². The first-order valence-corrected chi connectivity index (χ1v) is 13.5. The van der Waals surface area contributed by atoms with E-state index in [-0.39, 0.29) is 43.2 Å². The first-order valence-electron chi connectivity index (χ1n) is 13.5. The second-order valence-corrected chi connectivity index (χ2v) is 9.60. The Morgan fingerprint density at radius 1 is 0.700 bits per heavy atom. The van der Waals surface area contributed by atoms with Crippen molar-refractivity contribution < 1.29 is 52.3 Å². The Bertz CT molecular complexity index is 968. The molecule has 3 unspecified atom stereocenters. The number of hydrogen-bond acceptors (Lipinski definition) is 12. The summed E-state index contributed by atoms with van der Waals surface area (Å²) in [6.45, 7) is 12.6. The van der Waals surface area contributed by atoms with Crippen molar-refractivity contribution in [3.63, 3.8) is 0 Å². The molecule has 0 saturated carbocycles. The van der Waals surface area contributed by atoms with E-state index in [2.05, 4.69) is 0 Å². The molecule has 1 aromatic rings. The fraction of sp³-hybridized carbons (Fsp3) is 0.643. The lowest BCUT2D eigenvalue weighted by Gasteiger charge is -2.17. The highest BCUT2D eigenvalue weighted by atomic mass is 16.8. The summed E-state index contributed by atoms with van der Waals surface area (Å²) in [4.78, 5) is 48.6. The van der Waals surface area contributed by atoms with Crippen LogP contribution in [0.15, 0.2) is 18.2 Å². The van der Waals surface area contributed by atoms with Crippen LogP contribution in [0, 0.1) is 5.92 Å². The van der Waals surface area contributed by atoms with E-state index in [1.807, 2.05) is 27.7 Å². The van der Waals surface area contributed by atoms with Crippen LogP contribution in [0.4, 0.5) is 14.4 Å². The molecule has 0 aliphatic carbocycles. The minimum Gasteiger partial charge on any atom is -0.461 e. The van der Waals surface area contributed by atoms with Crippen molar-refractivity contribution in [1.82, 2.24) is 0 Å². The first kappa shape index (κ1) is 34.5. The van der Waals surface area contributed by atoms with Gasteiger partial charge < -0.3 is 38.9 Å². The summed E-state index contributed by atoms with van der Waals surface area (Å²) < 4.78 is 36.0. The smallest absolute Gasteiger partial charge is 0.461 e. The maximum atomic E-state index is 12.4. The molecule has 0 saturated heterocycles. The van der Waals surface area contributed by atoms with Gasteiger partial charge in [0.1, 0.15) is 31.0 Å². The van der Waals surface area contributed by atoms with E-state index in [1.165, 1.54) is 12.1 Å². The summed E-state index contributed by atoms with van der Waals surface area (Å²) in [5, 5.41) is 0. The molecule has 12 nitrogen and oxygen atoms in total. The number of esters is 1. The summed E-state index contributed by atoms with van der Waals surface area (Å²) in [6, 6.07) is 3.24. The van der Waals surface area contributed by atoms with Gasteiger partial charge in [-0.15, -0.1) is 0 Å². The molecule has 0 spiro atoms. The Morgan fingerprint density at radius 3 is 1.80 bits per heavy atom. The topological polar surface area (TPSA) is 159 Å². The number of rotatable bonds is 15. The average molecular weight is 570 g/mol. The molecule has 0 amide bonds. The minimum atomic E-state index is -1.09. The van der Waals surface area contributed by atoms with E-state index >= 15 is 0 Å². The van der Waals surface area contributed by atoms with E-state index in [9.17, 15) is 19.2 Å². The largest absolute Gasteiger partial charge is 0.514 e. The van der Waals surface area contributed by atoms with Gasteiger partial charge in [0.2, 0.25) is 0 Å². The van der Waals surface area contributed by atoms with Crippen molar-refractivity contribution in [2.24, 2.45) is 11.7 Å². The van der Waals surface area contributed by atoms with Crippen LogP contribution in [0.2, 0.25) is 0 Å².